The topological polar surface area (TPSA) is 18.8 Å². The molecule has 0 saturated carbocycles. The van der Waals surface area contributed by atoms with Gasteiger partial charge < -0.3 is 4.90 Å². The summed E-state index contributed by atoms with van der Waals surface area (Å²) in [5, 5.41) is 0. The van der Waals surface area contributed by atoms with Crippen molar-refractivity contribution < 1.29 is 0 Å². The van der Waals surface area contributed by atoms with Gasteiger partial charge in [-0.05, 0) is 20.0 Å². The van der Waals surface area contributed by atoms with Crippen LogP contribution in [0.1, 0.15) is 13.8 Å². The van der Waals surface area contributed by atoms with E-state index in [1.165, 1.54) is 0 Å². The minimum absolute atomic E-state index is 0.425. The zero-order valence-corrected chi connectivity index (χ0v) is 9.07. The van der Waals surface area contributed by atoms with Gasteiger partial charge in [0.2, 0.25) is 0 Å². The molecule has 0 aliphatic carbocycles. The highest BCUT2D eigenvalue weighted by molar-refractivity contribution is 5.54. The van der Waals surface area contributed by atoms with Crippen LogP contribution in [0.15, 0.2) is 4.99 Å². The number of hydrogen-bond acceptors (Lipinski definition) is 2. The summed E-state index contributed by atoms with van der Waals surface area (Å²) >= 11 is 0. The lowest BCUT2D eigenvalue weighted by atomic mass is 10.1. The van der Waals surface area contributed by atoms with Gasteiger partial charge in [-0.25, -0.2) is 0 Å². The summed E-state index contributed by atoms with van der Waals surface area (Å²) in [6.45, 7) is 4.43. The largest absolute Gasteiger partial charge is 0.350 e. The second-order valence-electron chi connectivity index (χ2n) is 3.66. The summed E-state index contributed by atoms with van der Waals surface area (Å²) in [6, 6.07) is 0. The van der Waals surface area contributed by atoms with Gasteiger partial charge in [-0.1, -0.05) is 13.8 Å². The minimum atomic E-state index is 0.425. The van der Waals surface area contributed by atoms with Crippen LogP contribution in [0.4, 0.5) is 0 Å². The van der Waals surface area contributed by atoms with E-state index in [1.54, 1.807) is 7.05 Å². The Bertz CT molecular complexity index is 133. The summed E-state index contributed by atoms with van der Waals surface area (Å²) in [7, 11) is 8.02. The highest BCUT2D eigenvalue weighted by Crippen LogP contribution is 2.09. The number of aliphatic imine (C=N–C) groups is 1. The summed E-state index contributed by atoms with van der Waals surface area (Å²) in [5.41, 5.74) is 0. The van der Waals surface area contributed by atoms with Crippen molar-refractivity contribution in [1.29, 1.82) is 0 Å². The molecule has 0 amide bonds. The molecular weight excluding hydrogens is 150 g/mol. The zero-order chi connectivity index (χ0) is 9.72. The molecule has 0 bridgehead atoms. The van der Waals surface area contributed by atoms with Crippen LogP contribution in [-0.2, 0) is 0 Å². The van der Waals surface area contributed by atoms with E-state index in [0.29, 0.717) is 12.1 Å². The molecule has 0 heterocycles. The Morgan fingerprint density at radius 1 is 1.17 bits per heavy atom. The lowest BCUT2D eigenvalue weighted by Crippen LogP contribution is -2.45. The molecule has 72 valence electrons. The number of nitrogens with zero attached hydrogens (tertiary/aromatic N) is 3. The second kappa shape index (κ2) is 5.14. The fourth-order valence-electron chi connectivity index (χ4n) is 1.68. The fraction of sp³-hybridized carbons (Fsp3) is 0.889. The molecule has 0 spiro atoms. The third-order valence-electron chi connectivity index (χ3n) is 1.84. The van der Waals surface area contributed by atoms with Crippen molar-refractivity contribution in [3.05, 3.63) is 0 Å². The van der Waals surface area contributed by atoms with E-state index in [1.807, 2.05) is 6.34 Å². The maximum absolute atomic E-state index is 4.00. The van der Waals surface area contributed by atoms with Crippen LogP contribution < -0.4 is 0 Å². The molecule has 0 aromatic heterocycles. The first kappa shape index (κ1) is 11.4. The predicted octanol–water partition coefficient (Wildman–Crippen LogP) is 1.12. The van der Waals surface area contributed by atoms with Crippen LogP contribution in [-0.4, -0.2) is 50.5 Å². The van der Waals surface area contributed by atoms with E-state index in [0.717, 1.165) is 0 Å². The molecule has 0 N–H and O–H groups in total. The van der Waals surface area contributed by atoms with Crippen molar-refractivity contribution in [2.75, 3.05) is 28.2 Å². The Balaban J connectivity index is 4.29. The molecule has 3 heteroatoms. The van der Waals surface area contributed by atoms with Crippen molar-refractivity contribution in [2.24, 2.45) is 10.9 Å². The molecule has 12 heavy (non-hydrogen) atoms. The van der Waals surface area contributed by atoms with Crippen LogP contribution in [0.25, 0.3) is 0 Å². The highest BCUT2D eigenvalue weighted by Gasteiger charge is 2.18. The smallest absolute Gasteiger partial charge is 0.0856 e. The van der Waals surface area contributed by atoms with Gasteiger partial charge in [-0.15, -0.1) is 0 Å². The number of rotatable bonds is 4. The summed E-state index contributed by atoms with van der Waals surface area (Å²) < 4.78 is 0. The first-order valence-electron chi connectivity index (χ1n) is 4.31. The van der Waals surface area contributed by atoms with Crippen LogP contribution in [0, 0.1) is 5.92 Å². The van der Waals surface area contributed by atoms with Crippen molar-refractivity contribution in [3.63, 3.8) is 0 Å². The first-order chi connectivity index (χ1) is 5.50. The summed E-state index contributed by atoms with van der Waals surface area (Å²) in [4.78, 5) is 8.33. The third-order valence-corrected chi connectivity index (χ3v) is 1.84. The van der Waals surface area contributed by atoms with Crippen LogP contribution in [0.2, 0.25) is 0 Å². The third kappa shape index (κ3) is 3.22. The van der Waals surface area contributed by atoms with Crippen LogP contribution >= 0.6 is 0 Å². The first-order valence-corrected chi connectivity index (χ1v) is 4.31. The van der Waals surface area contributed by atoms with E-state index < -0.39 is 0 Å². The Hall–Kier alpha value is -0.570. The van der Waals surface area contributed by atoms with E-state index >= 15 is 0 Å². The van der Waals surface area contributed by atoms with E-state index in [4.69, 9.17) is 0 Å². The van der Waals surface area contributed by atoms with Crippen LogP contribution in [0.3, 0.4) is 0 Å². The quantitative estimate of drug-likeness (QED) is 0.358. The normalized spacial score (nSPS) is 14.7. The summed E-state index contributed by atoms with van der Waals surface area (Å²) in [5.74, 6) is 0.600. The van der Waals surface area contributed by atoms with E-state index in [2.05, 4.69) is 49.8 Å². The average Bonchev–Trinajstić information content (AvgIpc) is 1.85. The van der Waals surface area contributed by atoms with Gasteiger partial charge in [0, 0.05) is 14.1 Å². The van der Waals surface area contributed by atoms with Crippen molar-refractivity contribution in [3.8, 4) is 0 Å². The zero-order valence-electron chi connectivity index (χ0n) is 9.07. The molecule has 0 aromatic rings. The lowest BCUT2D eigenvalue weighted by molar-refractivity contribution is 0.121. The van der Waals surface area contributed by atoms with Crippen LogP contribution in [0.5, 0.6) is 0 Å². The minimum Gasteiger partial charge on any atom is -0.350 e. The molecular formula is C9H21N3. The van der Waals surface area contributed by atoms with Gasteiger partial charge in [0.05, 0.1) is 12.5 Å². The average molecular weight is 171 g/mol. The predicted molar refractivity (Wildman–Crippen MR) is 54.5 cm³/mol. The molecule has 0 saturated heterocycles. The van der Waals surface area contributed by atoms with Gasteiger partial charge in [0.25, 0.3) is 0 Å². The highest BCUT2D eigenvalue weighted by atomic mass is 15.3. The molecule has 1 atom stereocenters. The SMILES string of the molecule is C/N=C\N(C)C(C(C)C)N(C)C. The molecule has 0 rings (SSSR count). The van der Waals surface area contributed by atoms with Gasteiger partial charge >= 0.3 is 0 Å². The maximum Gasteiger partial charge on any atom is 0.0856 e. The fourth-order valence-corrected chi connectivity index (χ4v) is 1.68. The van der Waals surface area contributed by atoms with Crippen molar-refractivity contribution in [2.45, 2.75) is 20.0 Å². The van der Waals surface area contributed by atoms with Gasteiger partial charge in [0.1, 0.15) is 0 Å². The second-order valence-corrected chi connectivity index (χ2v) is 3.66. The molecule has 1 unspecified atom stereocenters. The Labute approximate surface area is 76.1 Å². The summed E-state index contributed by atoms with van der Waals surface area (Å²) in [6.07, 6.45) is 2.29. The van der Waals surface area contributed by atoms with Crippen molar-refractivity contribution in [1.82, 2.24) is 9.80 Å². The Morgan fingerprint density at radius 3 is 1.92 bits per heavy atom. The molecule has 0 fully saturated rings. The van der Waals surface area contributed by atoms with E-state index in [-0.39, 0.29) is 0 Å². The molecule has 0 aliphatic rings. The molecule has 0 aromatic carbocycles. The van der Waals surface area contributed by atoms with Gasteiger partial charge in [-0.3, -0.25) is 9.89 Å². The maximum atomic E-state index is 4.00. The Kier molecular flexibility index (Phi) is 4.90. The Morgan fingerprint density at radius 2 is 1.67 bits per heavy atom. The monoisotopic (exact) mass is 171 g/mol. The molecule has 0 aliphatic heterocycles. The van der Waals surface area contributed by atoms with Gasteiger partial charge in [-0.2, -0.15) is 0 Å². The van der Waals surface area contributed by atoms with Crippen molar-refractivity contribution >= 4 is 6.34 Å². The molecule has 3 nitrogen and oxygen atoms in total. The van der Waals surface area contributed by atoms with Gasteiger partial charge in [0.15, 0.2) is 0 Å². The number of hydrogen-bond donors (Lipinski definition) is 0. The standard InChI is InChI=1S/C9H21N3/c1-8(2)9(11(4)5)12(6)7-10-3/h7-9H,1-6H3/b10-7-. The van der Waals surface area contributed by atoms with E-state index in [9.17, 15) is 0 Å². The molecule has 0 radical (unpaired) electrons. The lowest BCUT2D eigenvalue weighted by Gasteiger charge is -2.34.